The SMILES string of the molecule is COCCCC(NC(=O)[C@@H]1CCCN1C(=O)[C@@H](Cc1ccccc1)NC(=O)OCc1ccccc1)B1O[C@@H]2C[C@@H]3C[C@@H](C3(C)C)[C@]2(C)O1. The second-order valence-electron chi connectivity index (χ2n) is 14.7. The number of benzene rings is 2. The highest BCUT2D eigenvalue weighted by Crippen LogP contribution is 2.65. The number of rotatable bonds is 13. The predicted molar refractivity (Wildman–Crippen MR) is 182 cm³/mol. The molecule has 2 N–H and O–H groups in total. The van der Waals surface area contributed by atoms with Gasteiger partial charge in [0.25, 0.3) is 0 Å². The van der Waals surface area contributed by atoms with Gasteiger partial charge in [0.2, 0.25) is 11.8 Å². The van der Waals surface area contributed by atoms with E-state index in [1.54, 1.807) is 12.0 Å². The van der Waals surface area contributed by atoms with E-state index >= 15 is 0 Å². The van der Waals surface area contributed by atoms with Gasteiger partial charge in [0.05, 0.1) is 17.6 Å². The Morgan fingerprint density at radius 3 is 2.40 bits per heavy atom. The Bertz CT molecular complexity index is 1430. The van der Waals surface area contributed by atoms with Gasteiger partial charge in [-0.25, -0.2) is 4.79 Å². The first-order valence-corrected chi connectivity index (χ1v) is 17.5. The van der Waals surface area contributed by atoms with Gasteiger partial charge in [-0.15, -0.1) is 0 Å². The summed E-state index contributed by atoms with van der Waals surface area (Å²) >= 11 is 0. The zero-order valence-electron chi connectivity index (χ0n) is 28.7. The Kier molecular flexibility index (Phi) is 10.5. The number of hydrogen-bond donors (Lipinski definition) is 2. The minimum absolute atomic E-state index is 0.00266. The van der Waals surface area contributed by atoms with Gasteiger partial charge in [0, 0.05) is 26.7 Å². The zero-order chi connectivity index (χ0) is 33.9. The van der Waals surface area contributed by atoms with Crippen LogP contribution in [-0.4, -0.2) is 79.9 Å². The average Bonchev–Trinajstić information content (AvgIpc) is 3.72. The first-order chi connectivity index (χ1) is 23.1. The topological polar surface area (TPSA) is 115 Å². The molecule has 7 rings (SSSR count). The third kappa shape index (κ3) is 7.14. The Hall–Kier alpha value is -3.41. The molecule has 0 spiro atoms. The largest absolute Gasteiger partial charge is 0.481 e. The van der Waals surface area contributed by atoms with Crippen LogP contribution in [0.5, 0.6) is 0 Å². The number of likely N-dealkylation sites (tertiary alicyclic amines) is 1. The van der Waals surface area contributed by atoms with Gasteiger partial charge in [0.15, 0.2) is 0 Å². The van der Waals surface area contributed by atoms with Crippen molar-refractivity contribution < 1.29 is 33.2 Å². The van der Waals surface area contributed by atoms with Crippen LogP contribution in [0.15, 0.2) is 60.7 Å². The Labute approximate surface area is 284 Å². The molecule has 10 nitrogen and oxygen atoms in total. The van der Waals surface area contributed by atoms with Crippen LogP contribution < -0.4 is 10.6 Å². The first-order valence-electron chi connectivity index (χ1n) is 17.5. The first kappa shape index (κ1) is 34.5. The fourth-order valence-corrected chi connectivity index (χ4v) is 8.53. The highest BCUT2D eigenvalue weighted by Gasteiger charge is 2.68. The summed E-state index contributed by atoms with van der Waals surface area (Å²) in [5, 5.41) is 6.04. The quantitative estimate of drug-likeness (QED) is 0.237. The second kappa shape index (κ2) is 14.6. The molecule has 11 heteroatoms. The maximum Gasteiger partial charge on any atom is 0.481 e. The maximum atomic E-state index is 14.2. The van der Waals surface area contributed by atoms with Crippen LogP contribution in [0, 0.1) is 17.3 Å². The molecule has 2 aromatic rings. The lowest BCUT2D eigenvalue weighted by molar-refractivity contribution is -0.199. The minimum Gasteiger partial charge on any atom is -0.445 e. The number of alkyl carbamates (subject to hydrolysis) is 1. The van der Waals surface area contributed by atoms with Crippen molar-refractivity contribution in [3.05, 3.63) is 71.8 Å². The van der Waals surface area contributed by atoms with Crippen molar-refractivity contribution in [2.24, 2.45) is 17.3 Å². The predicted octanol–water partition coefficient (Wildman–Crippen LogP) is 4.69. The van der Waals surface area contributed by atoms with Crippen LogP contribution in [0.4, 0.5) is 4.79 Å². The summed E-state index contributed by atoms with van der Waals surface area (Å²) in [6, 6.07) is 17.3. The van der Waals surface area contributed by atoms with Gasteiger partial charge in [0.1, 0.15) is 18.7 Å². The molecule has 2 aromatic carbocycles. The summed E-state index contributed by atoms with van der Waals surface area (Å²) in [7, 11) is 1.09. The van der Waals surface area contributed by atoms with Gasteiger partial charge >= 0.3 is 13.2 Å². The zero-order valence-corrected chi connectivity index (χ0v) is 28.7. The van der Waals surface area contributed by atoms with E-state index in [0.29, 0.717) is 44.2 Å². The molecule has 258 valence electrons. The van der Waals surface area contributed by atoms with Crippen LogP contribution in [0.25, 0.3) is 0 Å². The van der Waals surface area contributed by atoms with Crippen LogP contribution in [0.1, 0.15) is 70.4 Å². The Morgan fingerprint density at radius 2 is 1.71 bits per heavy atom. The Balaban J connectivity index is 1.14. The summed E-state index contributed by atoms with van der Waals surface area (Å²) in [5.74, 6) is 0.100. The van der Waals surface area contributed by atoms with E-state index in [9.17, 15) is 14.4 Å². The van der Waals surface area contributed by atoms with Gasteiger partial charge in [-0.1, -0.05) is 74.5 Å². The van der Waals surface area contributed by atoms with Crippen molar-refractivity contribution in [3.63, 3.8) is 0 Å². The lowest BCUT2D eigenvalue weighted by Gasteiger charge is -2.64. The van der Waals surface area contributed by atoms with Gasteiger partial charge < -0.3 is 34.3 Å². The normalized spacial score (nSPS) is 28.2. The summed E-state index contributed by atoms with van der Waals surface area (Å²) in [4.78, 5) is 42.7. The molecule has 48 heavy (non-hydrogen) atoms. The molecule has 3 aliphatic carbocycles. The molecule has 5 fully saturated rings. The smallest absolute Gasteiger partial charge is 0.445 e. The van der Waals surface area contributed by atoms with E-state index in [0.717, 1.165) is 30.4 Å². The van der Waals surface area contributed by atoms with Gasteiger partial charge in [-0.2, -0.15) is 0 Å². The lowest BCUT2D eigenvalue weighted by Crippen LogP contribution is -2.65. The number of ether oxygens (including phenoxy) is 2. The third-order valence-corrected chi connectivity index (χ3v) is 11.4. The third-order valence-electron chi connectivity index (χ3n) is 11.4. The minimum atomic E-state index is -0.902. The van der Waals surface area contributed by atoms with E-state index in [1.807, 2.05) is 60.7 Å². The van der Waals surface area contributed by atoms with E-state index in [-0.39, 0.29) is 42.3 Å². The van der Waals surface area contributed by atoms with Crippen LogP contribution in [0.2, 0.25) is 0 Å². The summed E-state index contributed by atoms with van der Waals surface area (Å²) in [6.07, 6.45) is 4.26. The molecule has 5 aliphatic rings. The molecule has 0 radical (unpaired) electrons. The Morgan fingerprint density at radius 1 is 1.00 bits per heavy atom. The van der Waals surface area contributed by atoms with Crippen LogP contribution in [0.3, 0.4) is 0 Å². The van der Waals surface area contributed by atoms with Crippen molar-refractivity contribution in [3.8, 4) is 0 Å². The number of nitrogens with zero attached hydrogens (tertiary/aromatic N) is 1. The molecule has 0 aromatic heterocycles. The van der Waals surface area contributed by atoms with Gasteiger partial charge in [-0.3, -0.25) is 9.59 Å². The molecule has 2 saturated heterocycles. The number of methoxy groups -OCH3 is 1. The fraction of sp³-hybridized carbons (Fsp3) is 0.595. The van der Waals surface area contributed by atoms with E-state index in [2.05, 4.69) is 31.4 Å². The molecule has 2 aliphatic heterocycles. The molecular weight excluding hydrogens is 609 g/mol. The molecule has 3 saturated carbocycles. The van der Waals surface area contributed by atoms with Crippen molar-refractivity contribution in [2.75, 3.05) is 20.3 Å². The number of nitrogens with one attached hydrogen (secondary N) is 2. The van der Waals surface area contributed by atoms with Crippen molar-refractivity contribution in [1.29, 1.82) is 0 Å². The van der Waals surface area contributed by atoms with Gasteiger partial charge in [-0.05, 0) is 73.8 Å². The molecular formula is C37H50BN3O7. The molecule has 3 amide bonds. The van der Waals surface area contributed by atoms with E-state index < -0.39 is 30.9 Å². The van der Waals surface area contributed by atoms with Crippen LogP contribution >= 0.6 is 0 Å². The monoisotopic (exact) mass is 659 g/mol. The van der Waals surface area contributed by atoms with Crippen molar-refractivity contribution in [1.82, 2.24) is 15.5 Å². The fourth-order valence-electron chi connectivity index (χ4n) is 8.53. The summed E-state index contributed by atoms with van der Waals surface area (Å²) in [6.45, 7) is 7.90. The van der Waals surface area contributed by atoms with E-state index in [4.69, 9.17) is 18.8 Å². The molecule has 7 atom stereocenters. The number of hydrogen-bond acceptors (Lipinski definition) is 7. The number of carbonyl (C=O) groups excluding carboxylic acids is 3. The number of amides is 3. The number of carbonyl (C=O) groups is 3. The molecule has 2 bridgehead atoms. The molecule has 1 unspecified atom stereocenters. The summed E-state index contributed by atoms with van der Waals surface area (Å²) < 4.78 is 24.1. The molecule has 2 heterocycles. The maximum absolute atomic E-state index is 14.2. The second-order valence-corrected chi connectivity index (χ2v) is 14.7. The standard InChI is InChI=1S/C37H50BN3O7/c1-36(2)27-22-30(36)37(3)31(23-27)47-38(48-37)32(18-12-20-45-4)40-33(42)29-17-11-19-41(29)34(43)28(21-25-13-7-5-8-14-25)39-35(44)46-24-26-15-9-6-10-16-26/h5-10,13-16,27-32H,11-12,17-24H2,1-4H3,(H,39,44)(H,40,42)/t27-,28+,29-,30-,31+,32?,37-/m0/s1. The van der Waals surface area contributed by atoms with Crippen molar-refractivity contribution in [2.45, 2.75) is 102 Å². The lowest BCUT2D eigenvalue weighted by atomic mass is 9.43. The highest BCUT2D eigenvalue weighted by atomic mass is 16.7. The highest BCUT2D eigenvalue weighted by molar-refractivity contribution is 6.47. The van der Waals surface area contributed by atoms with E-state index in [1.165, 1.54) is 0 Å². The summed E-state index contributed by atoms with van der Waals surface area (Å²) in [5.41, 5.74) is 1.55. The van der Waals surface area contributed by atoms with Crippen LogP contribution in [-0.2, 0) is 41.4 Å². The van der Waals surface area contributed by atoms with Crippen molar-refractivity contribution >= 4 is 25.0 Å². The average molecular weight is 660 g/mol.